The highest BCUT2D eigenvalue weighted by Crippen LogP contribution is 2.26. The quantitative estimate of drug-likeness (QED) is 0.774. The maximum absolute atomic E-state index is 13.6. The number of hydrogen-bond acceptors (Lipinski definition) is 3. The smallest absolute Gasteiger partial charge is 0.131 e. The van der Waals surface area contributed by atoms with Crippen LogP contribution in [0.15, 0.2) is 18.2 Å². The van der Waals surface area contributed by atoms with E-state index in [1.165, 1.54) is 6.07 Å². The molecule has 0 saturated heterocycles. The molecule has 1 rings (SSSR count). The van der Waals surface area contributed by atoms with Crippen LogP contribution in [0.25, 0.3) is 0 Å². The van der Waals surface area contributed by atoms with Crippen molar-refractivity contribution in [3.63, 3.8) is 0 Å². The predicted octanol–water partition coefficient (Wildman–Crippen LogP) is 2.18. The van der Waals surface area contributed by atoms with Crippen LogP contribution in [0.5, 0.6) is 5.75 Å². The van der Waals surface area contributed by atoms with Gasteiger partial charge in [-0.05, 0) is 39.6 Å². The van der Waals surface area contributed by atoms with Gasteiger partial charge in [0.25, 0.3) is 0 Å². The molecule has 3 nitrogen and oxygen atoms in total. The van der Waals surface area contributed by atoms with E-state index < -0.39 is 0 Å². The maximum Gasteiger partial charge on any atom is 0.131 e. The highest BCUT2D eigenvalue weighted by molar-refractivity contribution is 5.36. The maximum atomic E-state index is 13.6. The SMILES string of the molecule is C[C@@H](N)c1c(F)cccc1OCCCN(C)C. The fraction of sp³-hybridized carbons (Fsp3) is 0.538. The van der Waals surface area contributed by atoms with E-state index in [-0.39, 0.29) is 11.9 Å². The van der Waals surface area contributed by atoms with Gasteiger partial charge in [-0.2, -0.15) is 0 Å². The molecule has 0 fully saturated rings. The molecule has 0 aliphatic carbocycles. The number of ether oxygens (including phenoxy) is 1. The number of nitrogens with zero attached hydrogens (tertiary/aromatic N) is 1. The molecule has 17 heavy (non-hydrogen) atoms. The van der Waals surface area contributed by atoms with Gasteiger partial charge in [-0.1, -0.05) is 6.07 Å². The van der Waals surface area contributed by atoms with E-state index in [0.717, 1.165) is 13.0 Å². The van der Waals surface area contributed by atoms with Crippen LogP contribution in [0.4, 0.5) is 4.39 Å². The number of halogens is 1. The molecular weight excluding hydrogens is 219 g/mol. The highest BCUT2D eigenvalue weighted by Gasteiger charge is 2.13. The van der Waals surface area contributed by atoms with Gasteiger partial charge in [0.2, 0.25) is 0 Å². The topological polar surface area (TPSA) is 38.5 Å². The Morgan fingerprint density at radius 1 is 1.41 bits per heavy atom. The van der Waals surface area contributed by atoms with Crippen molar-refractivity contribution < 1.29 is 9.13 Å². The average molecular weight is 240 g/mol. The van der Waals surface area contributed by atoms with Gasteiger partial charge < -0.3 is 15.4 Å². The zero-order valence-electron chi connectivity index (χ0n) is 10.7. The molecule has 0 spiro atoms. The number of rotatable bonds is 6. The fourth-order valence-electron chi connectivity index (χ4n) is 1.65. The first-order chi connectivity index (χ1) is 8.02. The third-order valence-corrected chi connectivity index (χ3v) is 2.48. The molecule has 0 aliphatic rings. The zero-order chi connectivity index (χ0) is 12.8. The Bertz CT molecular complexity index is 353. The second-order valence-corrected chi connectivity index (χ2v) is 4.45. The summed E-state index contributed by atoms with van der Waals surface area (Å²) in [5, 5.41) is 0. The molecule has 2 N–H and O–H groups in total. The van der Waals surface area contributed by atoms with Crippen molar-refractivity contribution in [2.45, 2.75) is 19.4 Å². The Morgan fingerprint density at radius 2 is 2.12 bits per heavy atom. The van der Waals surface area contributed by atoms with Crippen molar-refractivity contribution in [1.29, 1.82) is 0 Å². The van der Waals surface area contributed by atoms with E-state index in [4.69, 9.17) is 10.5 Å². The molecule has 4 heteroatoms. The molecule has 1 atom stereocenters. The lowest BCUT2D eigenvalue weighted by atomic mass is 10.1. The Labute approximate surface area is 102 Å². The summed E-state index contributed by atoms with van der Waals surface area (Å²) in [5.41, 5.74) is 6.20. The molecule has 0 amide bonds. The van der Waals surface area contributed by atoms with Crippen LogP contribution in [-0.4, -0.2) is 32.1 Å². The summed E-state index contributed by atoms with van der Waals surface area (Å²) in [7, 11) is 4.02. The van der Waals surface area contributed by atoms with Crippen molar-refractivity contribution in [1.82, 2.24) is 4.90 Å². The van der Waals surface area contributed by atoms with Crippen molar-refractivity contribution in [3.05, 3.63) is 29.6 Å². The molecule has 96 valence electrons. The predicted molar refractivity (Wildman–Crippen MR) is 67.7 cm³/mol. The summed E-state index contributed by atoms with van der Waals surface area (Å²) in [6, 6.07) is 4.45. The van der Waals surface area contributed by atoms with E-state index in [1.54, 1.807) is 19.1 Å². The standard InChI is InChI=1S/C13H21FN2O/c1-10(15)13-11(14)6-4-7-12(13)17-9-5-8-16(2)3/h4,6-7,10H,5,8-9,15H2,1-3H3/t10-/m1/s1. The van der Waals surface area contributed by atoms with Crippen LogP contribution >= 0.6 is 0 Å². The Hall–Kier alpha value is -1.13. The number of benzene rings is 1. The average Bonchev–Trinajstić information content (AvgIpc) is 2.23. The van der Waals surface area contributed by atoms with Gasteiger partial charge >= 0.3 is 0 Å². The number of hydrogen-bond donors (Lipinski definition) is 1. The van der Waals surface area contributed by atoms with Gasteiger partial charge in [-0.25, -0.2) is 4.39 Å². The van der Waals surface area contributed by atoms with Gasteiger partial charge in [0, 0.05) is 18.2 Å². The van der Waals surface area contributed by atoms with Crippen LogP contribution in [0.3, 0.4) is 0 Å². The van der Waals surface area contributed by atoms with Crippen molar-refractivity contribution >= 4 is 0 Å². The largest absolute Gasteiger partial charge is 0.493 e. The Kier molecular flexibility index (Phi) is 5.38. The molecule has 0 saturated carbocycles. The fourth-order valence-corrected chi connectivity index (χ4v) is 1.65. The lowest BCUT2D eigenvalue weighted by Crippen LogP contribution is -2.16. The minimum atomic E-state index is -0.361. The third kappa shape index (κ3) is 4.32. The monoisotopic (exact) mass is 240 g/mol. The number of nitrogens with two attached hydrogens (primary N) is 1. The van der Waals surface area contributed by atoms with Crippen LogP contribution in [0, 0.1) is 5.82 Å². The van der Waals surface area contributed by atoms with E-state index in [9.17, 15) is 4.39 Å². The summed E-state index contributed by atoms with van der Waals surface area (Å²) in [6.07, 6.45) is 0.905. The second-order valence-electron chi connectivity index (χ2n) is 4.45. The first-order valence-electron chi connectivity index (χ1n) is 5.84. The van der Waals surface area contributed by atoms with E-state index >= 15 is 0 Å². The van der Waals surface area contributed by atoms with E-state index in [1.807, 2.05) is 14.1 Å². The van der Waals surface area contributed by atoms with Crippen molar-refractivity contribution in [2.24, 2.45) is 5.73 Å². The summed E-state index contributed by atoms with van der Waals surface area (Å²) >= 11 is 0. The van der Waals surface area contributed by atoms with Gasteiger partial charge in [0.05, 0.1) is 6.61 Å². The molecule has 0 unspecified atom stereocenters. The van der Waals surface area contributed by atoms with E-state index in [0.29, 0.717) is 17.9 Å². The van der Waals surface area contributed by atoms with Crippen LogP contribution in [-0.2, 0) is 0 Å². The summed E-state index contributed by atoms with van der Waals surface area (Å²) < 4.78 is 19.2. The minimum absolute atomic E-state index is 0.301. The summed E-state index contributed by atoms with van der Waals surface area (Å²) in [4.78, 5) is 2.08. The normalized spacial score (nSPS) is 12.8. The summed E-state index contributed by atoms with van der Waals surface area (Å²) in [5.74, 6) is 0.254. The van der Waals surface area contributed by atoms with Gasteiger partial charge in [0.15, 0.2) is 0 Å². The van der Waals surface area contributed by atoms with Gasteiger partial charge in [0.1, 0.15) is 11.6 Å². The zero-order valence-corrected chi connectivity index (χ0v) is 10.7. The lowest BCUT2D eigenvalue weighted by Gasteiger charge is -2.15. The van der Waals surface area contributed by atoms with Gasteiger partial charge in [-0.3, -0.25) is 0 Å². The van der Waals surface area contributed by atoms with Gasteiger partial charge in [-0.15, -0.1) is 0 Å². The molecule has 0 radical (unpaired) electrons. The molecule has 0 aliphatic heterocycles. The molecule has 0 aromatic heterocycles. The minimum Gasteiger partial charge on any atom is -0.493 e. The van der Waals surface area contributed by atoms with Crippen LogP contribution in [0.1, 0.15) is 24.9 Å². The summed E-state index contributed by atoms with van der Waals surface area (Å²) in [6.45, 7) is 3.27. The van der Waals surface area contributed by atoms with Crippen LogP contribution < -0.4 is 10.5 Å². The Morgan fingerprint density at radius 3 is 2.71 bits per heavy atom. The second kappa shape index (κ2) is 6.57. The van der Waals surface area contributed by atoms with E-state index in [2.05, 4.69) is 4.90 Å². The lowest BCUT2D eigenvalue weighted by molar-refractivity contribution is 0.277. The first kappa shape index (κ1) is 13.9. The molecule has 1 aromatic carbocycles. The molecule has 0 bridgehead atoms. The highest BCUT2D eigenvalue weighted by atomic mass is 19.1. The third-order valence-electron chi connectivity index (χ3n) is 2.48. The van der Waals surface area contributed by atoms with Crippen LogP contribution in [0.2, 0.25) is 0 Å². The first-order valence-corrected chi connectivity index (χ1v) is 5.84. The molecule has 1 aromatic rings. The molecular formula is C13H21FN2O. The Balaban J connectivity index is 2.61. The van der Waals surface area contributed by atoms with Crippen molar-refractivity contribution in [2.75, 3.05) is 27.2 Å². The molecule has 0 heterocycles. The van der Waals surface area contributed by atoms with Crippen molar-refractivity contribution in [3.8, 4) is 5.75 Å².